The van der Waals surface area contributed by atoms with Gasteiger partial charge >= 0.3 is 0 Å². The van der Waals surface area contributed by atoms with Crippen molar-refractivity contribution < 1.29 is 24.2 Å². The molecular formula is C43H46N4O6Si. The van der Waals surface area contributed by atoms with E-state index in [2.05, 4.69) is 37.2 Å². The first-order valence-electron chi connectivity index (χ1n) is 18.8. The minimum absolute atomic E-state index is 0.0460. The number of rotatable bonds is 9. The SMILES string of the molecule is COc1ccc([Si](C)(C)[C@H]2[C@H](CC(=O)N3CCC[C@H]3CO)O[C@@]3(C(=O)N(Cc4cccc(-n5ncc6ccccc6c5=O)c4)c4ccccc43)[C@@H]2C)cc1. The number of aliphatic hydroxyl groups is 1. The quantitative estimate of drug-likeness (QED) is 0.198. The number of fused-ring (bicyclic) bond motifs is 3. The number of ether oxygens (including phenoxy) is 2. The molecule has 2 saturated heterocycles. The van der Waals surface area contributed by atoms with Crippen molar-refractivity contribution in [2.45, 2.75) is 69.1 Å². The molecule has 0 aliphatic carbocycles. The molecule has 0 radical (unpaired) electrons. The van der Waals surface area contributed by atoms with Gasteiger partial charge in [-0.1, -0.05) is 85.9 Å². The zero-order valence-corrected chi connectivity index (χ0v) is 32.1. The molecule has 5 atom stereocenters. The van der Waals surface area contributed by atoms with Crippen molar-refractivity contribution in [1.82, 2.24) is 14.7 Å². The van der Waals surface area contributed by atoms with E-state index in [1.807, 2.05) is 78.9 Å². The molecule has 0 bridgehead atoms. The van der Waals surface area contributed by atoms with Crippen LogP contribution in [0, 0.1) is 5.92 Å². The zero-order valence-electron chi connectivity index (χ0n) is 31.1. The summed E-state index contributed by atoms with van der Waals surface area (Å²) in [5.74, 6) is 0.302. The van der Waals surface area contributed by atoms with E-state index in [0.717, 1.165) is 40.8 Å². The molecule has 2 fully saturated rings. The lowest BCUT2D eigenvalue weighted by Crippen LogP contribution is -2.52. The van der Waals surface area contributed by atoms with Gasteiger partial charge in [-0.25, -0.2) is 0 Å². The van der Waals surface area contributed by atoms with E-state index in [1.165, 1.54) is 9.87 Å². The van der Waals surface area contributed by atoms with Crippen molar-refractivity contribution in [3.63, 3.8) is 0 Å². The summed E-state index contributed by atoms with van der Waals surface area (Å²) in [6.45, 7) is 7.52. The number of aromatic nitrogens is 2. The van der Waals surface area contributed by atoms with Gasteiger partial charge in [-0.2, -0.15) is 9.78 Å². The van der Waals surface area contributed by atoms with Crippen molar-refractivity contribution in [3.05, 3.63) is 125 Å². The Balaban J connectivity index is 1.17. The highest BCUT2D eigenvalue weighted by Crippen LogP contribution is 2.60. The molecule has 0 saturated carbocycles. The maximum Gasteiger partial charge on any atom is 0.279 e. The van der Waals surface area contributed by atoms with Crippen LogP contribution < -0.4 is 20.4 Å². The molecule has 4 heterocycles. The van der Waals surface area contributed by atoms with Crippen LogP contribution in [0.5, 0.6) is 5.75 Å². The number of likely N-dealkylation sites (tertiary alicyclic amines) is 1. The van der Waals surface area contributed by atoms with Gasteiger partial charge < -0.3 is 24.4 Å². The predicted molar refractivity (Wildman–Crippen MR) is 211 cm³/mol. The van der Waals surface area contributed by atoms with Crippen molar-refractivity contribution in [2.75, 3.05) is 25.2 Å². The Hall–Kier alpha value is -5.10. The molecular weight excluding hydrogens is 697 g/mol. The van der Waals surface area contributed by atoms with Gasteiger partial charge in [0, 0.05) is 23.4 Å². The average Bonchev–Trinajstić information content (AvgIpc) is 3.86. The number of hydrogen-bond acceptors (Lipinski definition) is 7. The highest BCUT2D eigenvalue weighted by molar-refractivity contribution is 6.91. The van der Waals surface area contributed by atoms with E-state index in [1.54, 1.807) is 29.2 Å². The van der Waals surface area contributed by atoms with Crippen LogP contribution in [0.4, 0.5) is 5.69 Å². The third-order valence-corrected chi connectivity index (χ3v) is 16.6. The Morgan fingerprint density at radius 3 is 2.54 bits per heavy atom. The number of carbonyl (C=O) groups excluding carboxylic acids is 2. The van der Waals surface area contributed by atoms with Crippen molar-refractivity contribution in [2.24, 2.45) is 5.92 Å². The third kappa shape index (κ3) is 5.77. The smallest absolute Gasteiger partial charge is 0.279 e. The lowest BCUT2D eigenvalue weighted by atomic mass is 9.82. The molecule has 4 aromatic carbocycles. The number of methoxy groups -OCH3 is 1. The van der Waals surface area contributed by atoms with E-state index in [9.17, 15) is 14.7 Å². The summed E-state index contributed by atoms with van der Waals surface area (Å²) in [5, 5.41) is 17.1. The molecule has 10 nitrogen and oxygen atoms in total. The van der Waals surface area contributed by atoms with Gasteiger partial charge in [0.1, 0.15) is 5.75 Å². The second kappa shape index (κ2) is 14.0. The molecule has 2 amide bonds. The number of amides is 2. The second-order valence-corrected chi connectivity index (χ2v) is 20.1. The summed E-state index contributed by atoms with van der Waals surface area (Å²) in [6, 6.07) is 30.8. The molecule has 3 aliphatic rings. The average molecular weight is 743 g/mol. The summed E-state index contributed by atoms with van der Waals surface area (Å²) >= 11 is 0. The normalized spacial score (nSPS) is 23.8. The van der Waals surface area contributed by atoms with Gasteiger partial charge in [-0.05, 0) is 60.3 Å². The monoisotopic (exact) mass is 742 g/mol. The summed E-state index contributed by atoms with van der Waals surface area (Å²) < 4.78 is 14.1. The number of anilines is 1. The fraction of sp³-hybridized carbons (Fsp3) is 0.349. The first kappa shape index (κ1) is 35.9. The Labute approximate surface area is 315 Å². The summed E-state index contributed by atoms with van der Waals surface area (Å²) in [5.41, 5.74) is 1.40. The van der Waals surface area contributed by atoms with Crippen LogP contribution in [0.1, 0.15) is 37.3 Å². The molecule has 5 aromatic rings. The van der Waals surface area contributed by atoms with Crippen molar-refractivity contribution in [1.29, 1.82) is 0 Å². The van der Waals surface area contributed by atoms with Crippen molar-refractivity contribution in [3.8, 4) is 11.4 Å². The van der Waals surface area contributed by atoms with Gasteiger partial charge in [0.15, 0.2) is 5.60 Å². The van der Waals surface area contributed by atoms with Crippen LogP contribution in [0.2, 0.25) is 18.6 Å². The molecule has 54 heavy (non-hydrogen) atoms. The maximum atomic E-state index is 15.2. The number of aliphatic hydroxyl groups excluding tert-OH is 1. The first-order valence-corrected chi connectivity index (χ1v) is 21.9. The number of carbonyl (C=O) groups is 2. The Morgan fingerprint density at radius 2 is 1.76 bits per heavy atom. The van der Waals surface area contributed by atoms with Crippen LogP contribution in [-0.2, 0) is 26.5 Å². The third-order valence-electron chi connectivity index (χ3n) is 12.2. The zero-order chi connectivity index (χ0) is 37.8. The highest BCUT2D eigenvalue weighted by Gasteiger charge is 2.66. The number of benzene rings is 4. The van der Waals surface area contributed by atoms with E-state index >= 15 is 4.79 Å². The Bertz CT molecular complexity index is 2290. The lowest BCUT2D eigenvalue weighted by Gasteiger charge is -2.37. The molecule has 1 N–H and O–H groups in total. The molecule has 8 rings (SSSR count). The Kier molecular flexibility index (Phi) is 9.27. The second-order valence-electron chi connectivity index (χ2n) is 15.5. The molecule has 278 valence electrons. The van der Waals surface area contributed by atoms with Crippen LogP contribution in [0.15, 0.2) is 108 Å². The van der Waals surface area contributed by atoms with Gasteiger partial charge in [0.05, 0.1) is 69.9 Å². The van der Waals surface area contributed by atoms with E-state index in [4.69, 9.17) is 9.47 Å². The minimum atomic E-state index is -2.46. The summed E-state index contributed by atoms with van der Waals surface area (Å²) in [4.78, 5) is 46.4. The highest BCUT2D eigenvalue weighted by atomic mass is 28.3. The molecule has 3 aliphatic heterocycles. The van der Waals surface area contributed by atoms with E-state index < -0.39 is 19.8 Å². The van der Waals surface area contributed by atoms with Crippen molar-refractivity contribution >= 4 is 41.5 Å². The van der Waals surface area contributed by atoms with Crippen LogP contribution >= 0.6 is 0 Å². The molecule has 0 unspecified atom stereocenters. The van der Waals surface area contributed by atoms with Crippen LogP contribution in [0.3, 0.4) is 0 Å². The number of para-hydroxylation sites is 1. The standard InChI is InChI=1S/C43H46N4O6Si/c1-28-40(54(3,4)34-20-18-33(52-2)19-21-34)38(24-39(49)45-22-10-14-32(45)27-48)53-43(28)36-16-7-8-17-37(36)46(42(43)51)26-29-11-9-13-31(23-29)47-41(50)35-15-6-5-12-30(35)25-44-47/h5-9,11-13,15-21,23,25,28,32,38,40,48H,10,14,22,24,26-27H2,1-4H3/t28-,32+,38+,40-,43+/m1/s1. The van der Waals surface area contributed by atoms with Gasteiger partial charge in [-0.3, -0.25) is 14.4 Å². The van der Waals surface area contributed by atoms with Gasteiger partial charge in [0.2, 0.25) is 5.91 Å². The van der Waals surface area contributed by atoms with E-state index in [0.29, 0.717) is 17.6 Å². The van der Waals surface area contributed by atoms with E-state index in [-0.39, 0.29) is 54.4 Å². The van der Waals surface area contributed by atoms with Gasteiger partial charge in [0.25, 0.3) is 11.5 Å². The summed E-state index contributed by atoms with van der Waals surface area (Å²) in [6.07, 6.45) is 2.92. The lowest BCUT2D eigenvalue weighted by molar-refractivity contribution is -0.150. The molecule has 1 spiro atoms. The largest absolute Gasteiger partial charge is 0.497 e. The maximum absolute atomic E-state index is 15.2. The summed E-state index contributed by atoms with van der Waals surface area (Å²) in [7, 11) is -0.809. The predicted octanol–water partition coefficient (Wildman–Crippen LogP) is 5.53. The topological polar surface area (TPSA) is 114 Å². The van der Waals surface area contributed by atoms with Crippen LogP contribution in [0.25, 0.3) is 16.5 Å². The number of hydrogen-bond donors (Lipinski definition) is 1. The minimum Gasteiger partial charge on any atom is -0.497 e. The van der Waals surface area contributed by atoms with Gasteiger partial charge in [-0.15, -0.1) is 0 Å². The molecule has 11 heteroatoms. The number of nitrogens with zero attached hydrogens (tertiary/aromatic N) is 4. The fourth-order valence-electron chi connectivity index (χ4n) is 9.51. The molecule has 1 aromatic heterocycles. The van der Waals surface area contributed by atoms with Crippen LogP contribution in [-0.4, -0.2) is 72.1 Å². The first-order chi connectivity index (χ1) is 26.1. The fourth-order valence-corrected chi connectivity index (χ4v) is 13.5. The Morgan fingerprint density at radius 1 is 1.00 bits per heavy atom.